The second-order valence-electron chi connectivity index (χ2n) is 4.41. The summed E-state index contributed by atoms with van der Waals surface area (Å²) >= 11 is 0. The van der Waals surface area contributed by atoms with Gasteiger partial charge >= 0.3 is 0 Å². The summed E-state index contributed by atoms with van der Waals surface area (Å²) in [5, 5.41) is 0. The van der Waals surface area contributed by atoms with Crippen LogP contribution in [0.4, 0.5) is 0 Å². The first kappa shape index (κ1) is 11.5. The Hall–Kier alpha value is -1.00. The highest BCUT2D eigenvalue weighted by atomic mass is 28.3. The van der Waals surface area contributed by atoms with Crippen molar-refractivity contribution in [1.82, 2.24) is 0 Å². The van der Waals surface area contributed by atoms with Crippen LogP contribution in [-0.2, 0) is 0 Å². The smallest absolute Gasteiger partial charge is 0.126 e. The van der Waals surface area contributed by atoms with Gasteiger partial charge in [0.15, 0.2) is 0 Å². The second-order valence-corrected chi connectivity index (χ2v) is 8.49. The Morgan fingerprint density at radius 3 is 2.19 bits per heavy atom. The van der Waals surface area contributed by atoms with Gasteiger partial charge in [0.25, 0.3) is 0 Å². The minimum Gasteiger partial charge on any atom is -0.126 e. The lowest BCUT2D eigenvalue weighted by atomic mass is 10.2. The van der Waals surface area contributed by atoms with Gasteiger partial charge in [-0.25, -0.2) is 0 Å². The fourth-order valence-corrected chi connectivity index (χ4v) is 3.24. The zero-order valence-electron chi connectivity index (χ0n) is 9.70. The molecule has 0 aliphatic heterocycles. The van der Waals surface area contributed by atoms with Crippen LogP contribution in [0, 0.1) is 42.7 Å². The quantitative estimate of drug-likeness (QED) is 0.506. The van der Waals surface area contributed by atoms with Crippen molar-refractivity contribution in [3.63, 3.8) is 0 Å². The van der Waals surface area contributed by atoms with Crippen LogP contribution in [0.3, 0.4) is 0 Å². The largest absolute Gasteiger partial charge is 0.139 e. The molecule has 0 unspecified atom stereocenters. The minimum absolute atomic E-state index is 1.11. The van der Waals surface area contributed by atoms with E-state index in [2.05, 4.69) is 62.4 Å². The first-order valence-corrected chi connectivity index (χ1v) is 8.49. The van der Waals surface area contributed by atoms with E-state index in [4.69, 9.17) is 0 Å². The van der Waals surface area contributed by atoms with E-state index in [1.807, 2.05) is 18.2 Å². The molecule has 1 saturated carbocycles. The Morgan fingerprint density at radius 1 is 0.938 bits per heavy atom. The maximum Gasteiger partial charge on any atom is 0.139 e. The summed E-state index contributed by atoms with van der Waals surface area (Å²) in [5.74, 6) is 3.28. The summed E-state index contributed by atoms with van der Waals surface area (Å²) in [6.07, 6.45) is 8.56. The van der Waals surface area contributed by atoms with E-state index < -0.39 is 8.07 Å². The first-order chi connectivity index (χ1) is 7.68. The summed E-state index contributed by atoms with van der Waals surface area (Å²) < 4.78 is 0. The molecule has 0 atom stereocenters. The molecule has 2 rings (SSSR count). The van der Waals surface area contributed by atoms with Crippen molar-refractivity contribution < 1.29 is 0 Å². The zero-order chi connectivity index (χ0) is 11.4. The molecule has 1 aliphatic carbocycles. The van der Waals surface area contributed by atoms with Crippen LogP contribution < -0.4 is 0 Å². The lowest BCUT2D eigenvalue weighted by Crippen LogP contribution is -2.32. The highest BCUT2D eigenvalue weighted by Crippen LogP contribution is 2.31. The van der Waals surface area contributed by atoms with E-state index >= 15 is 0 Å². The number of hydrogen-bond acceptors (Lipinski definition) is 0. The van der Waals surface area contributed by atoms with E-state index in [1.54, 1.807) is 0 Å². The van der Waals surface area contributed by atoms with E-state index in [0.717, 1.165) is 5.56 Å². The van der Waals surface area contributed by atoms with Crippen LogP contribution in [0.1, 0.15) is 5.56 Å². The number of benzene rings is 1. The summed E-state index contributed by atoms with van der Waals surface area (Å²) in [6, 6.07) is 10.2. The number of rotatable bonds is 1. The van der Waals surface area contributed by atoms with E-state index in [9.17, 15) is 0 Å². The Balaban J connectivity index is 2.11. The molecule has 0 nitrogen and oxygen atoms in total. The molecule has 1 aromatic carbocycles. The van der Waals surface area contributed by atoms with E-state index in [1.165, 1.54) is 5.54 Å². The van der Waals surface area contributed by atoms with Crippen molar-refractivity contribution in [3.05, 3.63) is 67.1 Å². The van der Waals surface area contributed by atoms with Crippen molar-refractivity contribution in [2.45, 2.75) is 13.1 Å². The van der Waals surface area contributed by atoms with Gasteiger partial charge in [-0.2, -0.15) is 0 Å². The van der Waals surface area contributed by atoms with Crippen LogP contribution in [0.2, 0.25) is 13.1 Å². The molecule has 0 spiro atoms. The summed E-state index contributed by atoms with van der Waals surface area (Å²) in [4.78, 5) is 0. The van der Waals surface area contributed by atoms with E-state index in [-0.39, 0.29) is 0 Å². The lowest BCUT2D eigenvalue weighted by Gasteiger charge is -2.21. The Bertz CT molecular complexity index is 388. The molecule has 0 amide bonds. The molecule has 0 N–H and O–H groups in total. The molecule has 5 radical (unpaired) electrons. The third kappa shape index (κ3) is 2.77. The predicted octanol–water partition coefficient (Wildman–Crippen LogP) is 3.23. The Morgan fingerprint density at radius 2 is 1.56 bits per heavy atom. The van der Waals surface area contributed by atoms with E-state index in [0.29, 0.717) is 0 Å². The molecule has 1 fully saturated rings. The molecule has 0 heterocycles. The van der Waals surface area contributed by atoms with Crippen molar-refractivity contribution in [3.8, 4) is 11.5 Å². The zero-order valence-corrected chi connectivity index (χ0v) is 10.7. The lowest BCUT2D eigenvalue weighted by molar-refractivity contribution is 1.43. The normalized spacial score (nSPS) is 16.9. The summed E-state index contributed by atoms with van der Waals surface area (Å²) in [5.41, 5.74) is 5.99. The van der Waals surface area contributed by atoms with Gasteiger partial charge in [-0.3, -0.25) is 0 Å². The van der Waals surface area contributed by atoms with Crippen LogP contribution >= 0.6 is 0 Å². The molecule has 0 saturated heterocycles. The maximum absolute atomic E-state index is 3.47. The SMILES string of the molecule is C[Si](C)(C#Cc1ccccc1)[C]1[CH][CH][CH][CH]1. The maximum atomic E-state index is 3.47. The van der Waals surface area contributed by atoms with Crippen LogP contribution in [0.5, 0.6) is 0 Å². The monoisotopic (exact) mass is 223 g/mol. The molecule has 1 heteroatoms. The Kier molecular flexibility index (Phi) is 3.51. The fraction of sp³-hybridized carbons (Fsp3) is 0.133. The highest BCUT2D eigenvalue weighted by molar-refractivity contribution is 6.90. The van der Waals surface area contributed by atoms with Gasteiger partial charge in [-0.1, -0.05) is 37.2 Å². The molecule has 1 aromatic rings. The van der Waals surface area contributed by atoms with Gasteiger partial charge in [0.05, 0.1) is 0 Å². The molecule has 1 aliphatic rings. The summed E-state index contributed by atoms with van der Waals surface area (Å²) in [7, 11) is -1.57. The van der Waals surface area contributed by atoms with Gasteiger partial charge in [0, 0.05) is 5.56 Å². The molecule has 79 valence electrons. The third-order valence-corrected chi connectivity index (χ3v) is 5.20. The Labute approximate surface area is 100 Å². The topological polar surface area (TPSA) is 0 Å². The molecular weight excluding hydrogens is 208 g/mol. The third-order valence-electron chi connectivity index (χ3n) is 2.68. The molecular formula is C15H15Si. The van der Waals surface area contributed by atoms with Crippen LogP contribution in [0.25, 0.3) is 0 Å². The van der Waals surface area contributed by atoms with Gasteiger partial charge < -0.3 is 0 Å². The van der Waals surface area contributed by atoms with Gasteiger partial charge in [-0.05, 0) is 43.4 Å². The average molecular weight is 223 g/mol. The van der Waals surface area contributed by atoms with Crippen molar-refractivity contribution >= 4 is 8.07 Å². The summed E-state index contributed by atoms with van der Waals surface area (Å²) in [6.45, 7) is 4.58. The first-order valence-electron chi connectivity index (χ1n) is 5.49. The highest BCUT2D eigenvalue weighted by Gasteiger charge is 2.33. The fourth-order valence-electron chi connectivity index (χ4n) is 1.61. The molecule has 0 aromatic heterocycles. The average Bonchev–Trinajstić information content (AvgIpc) is 2.82. The van der Waals surface area contributed by atoms with Gasteiger partial charge in [0.1, 0.15) is 8.07 Å². The van der Waals surface area contributed by atoms with Crippen LogP contribution in [-0.4, -0.2) is 8.07 Å². The second kappa shape index (κ2) is 4.89. The molecule has 0 bridgehead atoms. The van der Waals surface area contributed by atoms with Gasteiger partial charge in [0.2, 0.25) is 0 Å². The predicted molar refractivity (Wildman–Crippen MR) is 71.2 cm³/mol. The van der Waals surface area contributed by atoms with Crippen molar-refractivity contribution in [2.75, 3.05) is 0 Å². The van der Waals surface area contributed by atoms with Crippen LogP contribution in [0.15, 0.2) is 30.3 Å². The number of hydrogen-bond donors (Lipinski definition) is 0. The van der Waals surface area contributed by atoms with Crippen molar-refractivity contribution in [1.29, 1.82) is 0 Å². The standard InChI is InChI=1S/C15H15Si/c1-16(2,15-10-6-7-11-15)13-12-14-8-4-3-5-9-14/h3-11H,1-2H3. The van der Waals surface area contributed by atoms with Gasteiger partial charge in [-0.15, -0.1) is 5.54 Å². The van der Waals surface area contributed by atoms with Crippen molar-refractivity contribution in [2.24, 2.45) is 0 Å². The minimum atomic E-state index is -1.57. The molecule has 16 heavy (non-hydrogen) atoms.